The lowest BCUT2D eigenvalue weighted by molar-refractivity contribution is 0.300. The fraction of sp³-hybridized carbons (Fsp3) is 0.684. The van der Waals surface area contributed by atoms with Gasteiger partial charge < -0.3 is 5.32 Å². The van der Waals surface area contributed by atoms with Crippen LogP contribution in [0.5, 0.6) is 0 Å². The molecule has 1 saturated carbocycles. The van der Waals surface area contributed by atoms with Crippen molar-refractivity contribution >= 4 is 0 Å². The van der Waals surface area contributed by atoms with E-state index >= 15 is 0 Å². The van der Waals surface area contributed by atoms with Crippen molar-refractivity contribution in [3.63, 3.8) is 0 Å². The molecule has 1 aromatic rings. The summed E-state index contributed by atoms with van der Waals surface area (Å²) in [5.74, 6) is 0.930. The summed E-state index contributed by atoms with van der Waals surface area (Å²) in [6, 6.07) is 7.59. The molecular formula is C19H31N. The molecule has 0 amide bonds. The number of hydrogen-bond donors (Lipinski definition) is 1. The minimum Gasteiger partial charge on any atom is -0.310 e. The van der Waals surface area contributed by atoms with Crippen molar-refractivity contribution in [3.8, 4) is 0 Å². The van der Waals surface area contributed by atoms with E-state index in [0.717, 1.165) is 12.5 Å². The quantitative estimate of drug-likeness (QED) is 0.740. The van der Waals surface area contributed by atoms with Crippen LogP contribution >= 0.6 is 0 Å². The molecule has 1 unspecified atom stereocenters. The normalized spacial score (nSPS) is 18.1. The summed E-state index contributed by atoms with van der Waals surface area (Å²) in [5, 5.41) is 3.79. The van der Waals surface area contributed by atoms with E-state index in [4.69, 9.17) is 0 Å². The van der Waals surface area contributed by atoms with Gasteiger partial charge in [-0.25, -0.2) is 0 Å². The molecule has 20 heavy (non-hydrogen) atoms. The van der Waals surface area contributed by atoms with Gasteiger partial charge in [0.1, 0.15) is 0 Å². The van der Waals surface area contributed by atoms with E-state index < -0.39 is 0 Å². The highest BCUT2D eigenvalue weighted by Crippen LogP contribution is 2.32. The van der Waals surface area contributed by atoms with Crippen LogP contribution in [0.2, 0.25) is 0 Å². The van der Waals surface area contributed by atoms with Gasteiger partial charge in [-0.05, 0) is 44.7 Å². The van der Waals surface area contributed by atoms with E-state index in [1.54, 1.807) is 0 Å². The summed E-state index contributed by atoms with van der Waals surface area (Å²) >= 11 is 0. The summed E-state index contributed by atoms with van der Waals surface area (Å²) in [6.07, 6.45) is 9.75. The van der Waals surface area contributed by atoms with Crippen molar-refractivity contribution < 1.29 is 0 Å². The maximum Gasteiger partial charge on any atom is 0.0323 e. The molecule has 0 aromatic heterocycles. The molecule has 112 valence electrons. The van der Waals surface area contributed by atoms with Crippen molar-refractivity contribution in [2.24, 2.45) is 5.92 Å². The third-order valence-electron chi connectivity index (χ3n) is 4.58. The molecule has 1 N–H and O–H groups in total. The van der Waals surface area contributed by atoms with Crippen LogP contribution in [0, 0.1) is 19.8 Å². The zero-order valence-electron chi connectivity index (χ0n) is 13.5. The van der Waals surface area contributed by atoms with Gasteiger partial charge in [-0.3, -0.25) is 0 Å². The first kappa shape index (κ1) is 15.6. The number of benzene rings is 1. The van der Waals surface area contributed by atoms with Crippen LogP contribution in [-0.2, 0) is 0 Å². The Morgan fingerprint density at radius 3 is 2.30 bits per heavy atom. The lowest BCUT2D eigenvalue weighted by Gasteiger charge is -2.28. The maximum atomic E-state index is 3.79. The van der Waals surface area contributed by atoms with E-state index in [-0.39, 0.29) is 0 Å². The molecule has 1 fully saturated rings. The Hall–Kier alpha value is -0.820. The van der Waals surface area contributed by atoms with Crippen molar-refractivity contribution in [1.29, 1.82) is 0 Å². The molecule has 0 spiro atoms. The second-order valence-corrected chi connectivity index (χ2v) is 6.67. The molecule has 1 nitrogen and oxygen atoms in total. The number of aryl methyl sites for hydroxylation is 2. The Balaban J connectivity index is 2.08. The first-order valence-electron chi connectivity index (χ1n) is 8.50. The fourth-order valence-corrected chi connectivity index (χ4v) is 3.62. The molecular weight excluding hydrogens is 242 g/mol. The molecule has 1 aromatic carbocycles. The fourth-order valence-electron chi connectivity index (χ4n) is 3.62. The van der Waals surface area contributed by atoms with E-state index in [0.29, 0.717) is 6.04 Å². The largest absolute Gasteiger partial charge is 0.310 e. The smallest absolute Gasteiger partial charge is 0.0323 e. The van der Waals surface area contributed by atoms with Crippen LogP contribution in [-0.4, -0.2) is 6.54 Å². The zero-order valence-corrected chi connectivity index (χ0v) is 13.5. The Morgan fingerprint density at radius 1 is 1.05 bits per heavy atom. The highest BCUT2D eigenvalue weighted by atomic mass is 14.9. The number of hydrogen-bond acceptors (Lipinski definition) is 1. The Morgan fingerprint density at radius 2 is 1.70 bits per heavy atom. The standard InChI is InChI=1S/C19H31N/c1-4-10-20-19(14-17-8-6-5-7-9-17)18-12-15(2)11-16(3)13-18/h11-13,17,19-20H,4-10,14H2,1-3H3. The van der Waals surface area contributed by atoms with E-state index in [2.05, 4.69) is 44.3 Å². The molecule has 1 aliphatic carbocycles. The van der Waals surface area contributed by atoms with Gasteiger partial charge in [0.2, 0.25) is 0 Å². The summed E-state index contributed by atoms with van der Waals surface area (Å²) in [4.78, 5) is 0. The van der Waals surface area contributed by atoms with Gasteiger partial charge in [0.05, 0.1) is 0 Å². The van der Waals surface area contributed by atoms with Gasteiger partial charge in [0.15, 0.2) is 0 Å². The maximum absolute atomic E-state index is 3.79. The molecule has 0 bridgehead atoms. The second-order valence-electron chi connectivity index (χ2n) is 6.67. The van der Waals surface area contributed by atoms with Gasteiger partial charge in [-0.1, -0.05) is 68.4 Å². The van der Waals surface area contributed by atoms with Gasteiger partial charge in [-0.2, -0.15) is 0 Å². The molecule has 1 atom stereocenters. The zero-order chi connectivity index (χ0) is 14.4. The van der Waals surface area contributed by atoms with Crippen LogP contribution in [0.1, 0.15) is 74.6 Å². The molecule has 0 saturated heterocycles. The summed E-state index contributed by atoms with van der Waals surface area (Å²) in [6.45, 7) is 7.82. The molecule has 1 heteroatoms. The van der Waals surface area contributed by atoms with Crippen LogP contribution in [0.25, 0.3) is 0 Å². The third-order valence-corrected chi connectivity index (χ3v) is 4.58. The Kier molecular flexibility index (Phi) is 6.09. The average molecular weight is 273 g/mol. The van der Waals surface area contributed by atoms with Gasteiger partial charge >= 0.3 is 0 Å². The monoisotopic (exact) mass is 273 g/mol. The minimum atomic E-state index is 0.552. The SMILES string of the molecule is CCCNC(CC1CCCCC1)c1cc(C)cc(C)c1. The van der Waals surface area contributed by atoms with Crippen LogP contribution in [0.15, 0.2) is 18.2 Å². The molecule has 0 aliphatic heterocycles. The van der Waals surface area contributed by atoms with Crippen LogP contribution in [0.4, 0.5) is 0 Å². The second kappa shape index (κ2) is 7.83. The van der Waals surface area contributed by atoms with E-state index in [1.165, 1.54) is 61.6 Å². The highest BCUT2D eigenvalue weighted by Gasteiger charge is 2.20. The Labute approximate surface area is 125 Å². The summed E-state index contributed by atoms with van der Waals surface area (Å²) in [7, 11) is 0. The van der Waals surface area contributed by atoms with Crippen molar-refractivity contribution in [3.05, 3.63) is 34.9 Å². The number of rotatable bonds is 6. The minimum absolute atomic E-state index is 0.552. The van der Waals surface area contributed by atoms with Crippen LogP contribution in [0.3, 0.4) is 0 Å². The lowest BCUT2D eigenvalue weighted by atomic mass is 9.83. The first-order chi connectivity index (χ1) is 9.69. The first-order valence-corrected chi connectivity index (χ1v) is 8.50. The van der Waals surface area contributed by atoms with Crippen molar-refractivity contribution in [2.75, 3.05) is 6.54 Å². The Bertz CT molecular complexity index is 384. The van der Waals surface area contributed by atoms with Crippen LogP contribution < -0.4 is 5.32 Å². The predicted molar refractivity (Wildman–Crippen MR) is 88.1 cm³/mol. The van der Waals surface area contributed by atoms with Gasteiger partial charge in [0, 0.05) is 6.04 Å². The molecule has 2 rings (SSSR count). The van der Waals surface area contributed by atoms with E-state index in [9.17, 15) is 0 Å². The van der Waals surface area contributed by atoms with Crippen molar-refractivity contribution in [2.45, 2.75) is 71.8 Å². The summed E-state index contributed by atoms with van der Waals surface area (Å²) in [5.41, 5.74) is 4.29. The predicted octanol–water partition coefficient (Wildman–Crippen LogP) is 5.31. The van der Waals surface area contributed by atoms with Crippen molar-refractivity contribution in [1.82, 2.24) is 5.32 Å². The number of nitrogens with one attached hydrogen (secondary N) is 1. The molecule has 0 heterocycles. The van der Waals surface area contributed by atoms with E-state index in [1.807, 2.05) is 0 Å². The summed E-state index contributed by atoms with van der Waals surface area (Å²) < 4.78 is 0. The topological polar surface area (TPSA) is 12.0 Å². The lowest BCUT2D eigenvalue weighted by Crippen LogP contribution is -2.25. The third kappa shape index (κ3) is 4.63. The molecule has 1 aliphatic rings. The average Bonchev–Trinajstić information content (AvgIpc) is 2.43. The van der Waals surface area contributed by atoms with Gasteiger partial charge in [-0.15, -0.1) is 0 Å². The highest BCUT2D eigenvalue weighted by molar-refractivity contribution is 5.30. The molecule has 0 radical (unpaired) electrons. The van der Waals surface area contributed by atoms with Gasteiger partial charge in [0.25, 0.3) is 0 Å².